The van der Waals surface area contributed by atoms with E-state index in [1.54, 1.807) is 6.33 Å². The fourth-order valence-electron chi connectivity index (χ4n) is 2.42. The van der Waals surface area contributed by atoms with Crippen LogP contribution in [0.15, 0.2) is 12.5 Å². The van der Waals surface area contributed by atoms with Crippen molar-refractivity contribution in [1.29, 1.82) is 0 Å². The Morgan fingerprint density at radius 1 is 1.00 bits per heavy atom. The lowest BCUT2D eigenvalue weighted by atomic mass is 10.0. The van der Waals surface area contributed by atoms with Gasteiger partial charge in [-0.15, -0.1) is 0 Å². The first-order chi connectivity index (χ1) is 11.0. The van der Waals surface area contributed by atoms with E-state index in [2.05, 4.69) is 40.7 Å². The largest absolute Gasteiger partial charge is 0.368 e. The van der Waals surface area contributed by atoms with Crippen molar-refractivity contribution < 1.29 is 0 Å². The summed E-state index contributed by atoms with van der Waals surface area (Å²) in [5.74, 6) is 0.270. The van der Waals surface area contributed by atoms with Crippen LogP contribution >= 0.6 is 0 Å². The molecule has 0 amide bonds. The summed E-state index contributed by atoms with van der Waals surface area (Å²) < 4.78 is 1.96. The standard InChI is InChI=1S/C15H18N6.C2H6/c1-8-5-17-12(10(3)9(8)2)6-21-7-18-13-11(4)19-15(16)20-14(13)21;1-2/h5,7H,6H2,1-4H3,(H2,16,19,20);1-2H3. The highest BCUT2D eigenvalue weighted by molar-refractivity contribution is 5.74. The van der Waals surface area contributed by atoms with Crippen molar-refractivity contribution in [1.82, 2.24) is 24.5 Å². The van der Waals surface area contributed by atoms with Crippen LogP contribution in [0.2, 0.25) is 0 Å². The molecule has 0 spiro atoms. The van der Waals surface area contributed by atoms with E-state index in [-0.39, 0.29) is 5.95 Å². The van der Waals surface area contributed by atoms with Crippen molar-refractivity contribution in [2.75, 3.05) is 5.73 Å². The molecule has 3 aromatic heterocycles. The summed E-state index contributed by atoms with van der Waals surface area (Å²) in [6.45, 7) is 12.8. The topological polar surface area (TPSA) is 82.5 Å². The van der Waals surface area contributed by atoms with Gasteiger partial charge in [0, 0.05) is 6.20 Å². The molecule has 0 saturated carbocycles. The molecule has 6 heteroatoms. The van der Waals surface area contributed by atoms with Gasteiger partial charge in [-0.3, -0.25) is 4.98 Å². The molecule has 3 rings (SSSR count). The lowest BCUT2D eigenvalue weighted by molar-refractivity contribution is 0.778. The number of pyridine rings is 1. The van der Waals surface area contributed by atoms with Gasteiger partial charge in [0.05, 0.1) is 24.3 Å². The summed E-state index contributed by atoms with van der Waals surface area (Å²) in [5, 5.41) is 0. The highest BCUT2D eigenvalue weighted by Gasteiger charge is 2.12. The van der Waals surface area contributed by atoms with Gasteiger partial charge in [-0.25, -0.2) is 9.97 Å². The summed E-state index contributed by atoms with van der Waals surface area (Å²) >= 11 is 0. The molecule has 0 aromatic carbocycles. The fourth-order valence-corrected chi connectivity index (χ4v) is 2.42. The number of nitrogens with zero attached hydrogens (tertiary/aromatic N) is 5. The first-order valence-corrected chi connectivity index (χ1v) is 7.84. The summed E-state index contributed by atoms with van der Waals surface area (Å²) in [6, 6.07) is 0. The Morgan fingerprint density at radius 3 is 2.39 bits per heavy atom. The number of nitrogens with two attached hydrogens (primary N) is 1. The van der Waals surface area contributed by atoms with E-state index in [0.717, 1.165) is 22.6 Å². The molecule has 6 nitrogen and oxygen atoms in total. The van der Waals surface area contributed by atoms with Crippen molar-refractivity contribution in [3.8, 4) is 0 Å². The predicted octanol–water partition coefficient (Wildman–Crippen LogP) is 3.11. The minimum atomic E-state index is 0.270. The number of aryl methyl sites for hydroxylation is 2. The molecule has 0 bridgehead atoms. The molecule has 0 fully saturated rings. The Balaban J connectivity index is 0.000000924. The molecule has 23 heavy (non-hydrogen) atoms. The smallest absolute Gasteiger partial charge is 0.222 e. The molecule has 0 unspecified atom stereocenters. The summed E-state index contributed by atoms with van der Waals surface area (Å²) in [6.07, 6.45) is 3.67. The van der Waals surface area contributed by atoms with Crippen LogP contribution in [0.3, 0.4) is 0 Å². The van der Waals surface area contributed by atoms with E-state index < -0.39 is 0 Å². The summed E-state index contributed by atoms with van der Waals surface area (Å²) in [4.78, 5) is 17.4. The Hall–Kier alpha value is -2.50. The van der Waals surface area contributed by atoms with Gasteiger partial charge in [-0.1, -0.05) is 13.8 Å². The maximum atomic E-state index is 5.74. The average molecular weight is 312 g/mol. The normalized spacial score (nSPS) is 10.5. The molecule has 0 aliphatic carbocycles. The van der Waals surface area contributed by atoms with Crippen LogP contribution in [0, 0.1) is 27.7 Å². The predicted molar refractivity (Wildman–Crippen MR) is 93.4 cm³/mol. The van der Waals surface area contributed by atoms with Crippen molar-refractivity contribution in [3.63, 3.8) is 0 Å². The third-order valence-corrected chi connectivity index (χ3v) is 3.98. The van der Waals surface area contributed by atoms with Crippen LogP contribution in [-0.2, 0) is 6.54 Å². The van der Waals surface area contributed by atoms with Gasteiger partial charge in [0.2, 0.25) is 5.95 Å². The molecule has 0 aliphatic rings. The van der Waals surface area contributed by atoms with Gasteiger partial charge in [0.1, 0.15) is 5.52 Å². The van der Waals surface area contributed by atoms with Gasteiger partial charge in [0.25, 0.3) is 0 Å². The first-order valence-electron chi connectivity index (χ1n) is 7.84. The van der Waals surface area contributed by atoms with Gasteiger partial charge in [-0.05, 0) is 44.4 Å². The van der Waals surface area contributed by atoms with Crippen LogP contribution in [0.25, 0.3) is 11.2 Å². The van der Waals surface area contributed by atoms with Crippen LogP contribution in [-0.4, -0.2) is 24.5 Å². The van der Waals surface area contributed by atoms with Gasteiger partial charge >= 0.3 is 0 Å². The van der Waals surface area contributed by atoms with Crippen LogP contribution in [0.4, 0.5) is 5.95 Å². The lowest BCUT2D eigenvalue weighted by Gasteiger charge is -2.11. The lowest BCUT2D eigenvalue weighted by Crippen LogP contribution is -2.07. The molecule has 0 atom stereocenters. The maximum Gasteiger partial charge on any atom is 0.222 e. The maximum absolute atomic E-state index is 5.74. The van der Waals surface area contributed by atoms with E-state index >= 15 is 0 Å². The number of hydrogen-bond acceptors (Lipinski definition) is 5. The minimum absolute atomic E-state index is 0.270. The SMILES string of the molecule is CC.Cc1cnc(Cn2cnc3c(C)nc(N)nc32)c(C)c1C. The van der Waals surface area contributed by atoms with E-state index in [4.69, 9.17) is 5.73 Å². The van der Waals surface area contributed by atoms with Crippen LogP contribution in [0.5, 0.6) is 0 Å². The molecule has 122 valence electrons. The Kier molecular flexibility index (Phi) is 4.93. The van der Waals surface area contributed by atoms with Crippen molar-refractivity contribution in [3.05, 3.63) is 40.6 Å². The van der Waals surface area contributed by atoms with Gasteiger partial charge in [0.15, 0.2) is 5.65 Å². The van der Waals surface area contributed by atoms with Crippen molar-refractivity contribution in [2.45, 2.75) is 48.1 Å². The molecule has 0 radical (unpaired) electrons. The zero-order chi connectivity index (χ0) is 17.1. The monoisotopic (exact) mass is 312 g/mol. The van der Waals surface area contributed by atoms with Crippen molar-refractivity contribution in [2.24, 2.45) is 0 Å². The third kappa shape index (κ3) is 3.16. The number of rotatable bonds is 2. The second-order valence-corrected chi connectivity index (χ2v) is 5.35. The number of imidazole rings is 1. The second-order valence-electron chi connectivity index (χ2n) is 5.35. The zero-order valence-electron chi connectivity index (χ0n) is 14.7. The van der Waals surface area contributed by atoms with E-state index in [0.29, 0.717) is 6.54 Å². The molecule has 0 aliphatic heterocycles. The van der Waals surface area contributed by atoms with Gasteiger partial charge in [-0.2, -0.15) is 4.98 Å². The molecular formula is C17H24N6. The number of aromatic nitrogens is 5. The Labute approximate surface area is 136 Å². The quantitative estimate of drug-likeness (QED) is 0.786. The molecule has 2 N–H and O–H groups in total. The molecule has 3 aromatic rings. The average Bonchev–Trinajstić information content (AvgIpc) is 2.93. The molecule has 3 heterocycles. The van der Waals surface area contributed by atoms with Crippen LogP contribution < -0.4 is 5.73 Å². The number of anilines is 1. The van der Waals surface area contributed by atoms with Crippen molar-refractivity contribution >= 4 is 17.1 Å². The summed E-state index contributed by atoms with van der Waals surface area (Å²) in [5.41, 5.74) is 12.8. The Bertz CT molecular complexity index is 835. The van der Waals surface area contributed by atoms with Crippen LogP contribution in [0.1, 0.15) is 41.9 Å². The third-order valence-electron chi connectivity index (χ3n) is 3.98. The highest BCUT2D eigenvalue weighted by atomic mass is 15.1. The Morgan fingerprint density at radius 2 is 1.70 bits per heavy atom. The summed E-state index contributed by atoms with van der Waals surface area (Å²) in [7, 11) is 0. The number of nitrogen functional groups attached to an aromatic ring is 1. The second kappa shape index (κ2) is 6.73. The molecule has 0 saturated heterocycles. The van der Waals surface area contributed by atoms with Gasteiger partial charge < -0.3 is 10.3 Å². The van der Waals surface area contributed by atoms with E-state index in [9.17, 15) is 0 Å². The first kappa shape index (κ1) is 16.9. The zero-order valence-corrected chi connectivity index (χ0v) is 14.7. The van der Waals surface area contributed by atoms with E-state index in [1.807, 2.05) is 31.5 Å². The number of fused-ring (bicyclic) bond motifs is 1. The highest BCUT2D eigenvalue weighted by Crippen LogP contribution is 2.19. The molecular weight excluding hydrogens is 288 g/mol. The van der Waals surface area contributed by atoms with E-state index in [1.165, 1.54) is 16.7 Å². The fraction of sp³-hybridized carbons (Fsp3) is 0.412. The number of hydrogen-bond donors (Lipinski definition) is 1. The minimum Gasteiger partial charge on any atom is -0.368 e.